The van der Waals surface area contributed by atoms with Gasteiger partial charge in [-0.2, -0.15) is 0 Å². The lowest BCUT2D eigenvalue weighted by atomic mass is 9.99. The van der Waals surface area contributed by atoms with E-state index in [1.165, 1.54) is 45.3 Å². The Balaban J connectivity index is 1.15. The van der Waals surface area contributed by atoms with E-state index in [4.69, 9.17) is 5.73 Å². The van der Waals surface area contributed by atoms with Crippen LogP contribution in [0.2, 0.25) is 0 Å². The van der Waals surface area contributed by atoms with Crippen molar-refractivity contribution in [3.8, 4) is 11.1 Å². The monoisotopic (exact) mass is 712 g/mol. The molecule has 0 radical (unpaired) electrons. The van der Waals surface area contributed by atoms with Gasteiger partial charge in [0, 0.05) is 23.5 Å². The molecule has 55 heavy (non-hydrogen) atoms. The van der Waals surface area contributed by atoms with E-state index < -0.39 is 0 Å². The first-order chi connectivity index (χ1) is 27.1. The van der Waals surface area contributed by atoms with Gasteiger partial charge in [-0.1, -0.05) is 195 Å². The minimum Gasteiger partial charge on any atom is -0.405 e. The van der Waals surface area contributed by atoms with Crippen molar-refractivity contribution < 1.29 is 0 Å². The van der Waals surface area contributed by atoms with Crippen LogP contribution in [0.4, 0.5) is 5.69 Å². The zero-order chi connectivity index (χ0) is 38.2. The molecule has 5 aromatic rings. The second kappa shape index (κ2) is 19.3. The molecule has 0 aliphatic carbocycles. The molecule has 270 valence electrons. The molecule has 5 aromatic carbocycles. The van der Waals surface area contributed by atoms with Gasteiger partial charge < -0.3 is 10.6 Å². The number of fused-ring (bicyclic) bond motifs is 1. The molecule has 0 bridgehead atoms. The van der Waals surface area contributed by atoms with Crippen molar-refractivity contribution >= 4 is 40.6 Å². The predicted octanol–water partition coefficient (Wildman–Crippen LogP) is 13.6. The van der Waals surface area contributed by atoms with Crippen molar-refractivity contribution in [3.63, 3.8) is 0 Å². The molecule has 0 aromatic heterocycles. The maximum Gasteiger partial charge on any atom is 0.0490 e. The van der Waals surface area contributed by atoms with Crippen LogP contribution >= 0.6 is 0 Å². The zero-order valence-corrected chi connectivity index (χ0v) is 31.7. The molecule has 0 fully saturated rings. The molecule has 0 amide bonds. The number of nitrogens with zero attached hydrogens (tertiary/aromatic N) is 1. The van der Waals surface area contributed by atoms with Gasteiger partial charge in [0.15, 0.2) is 0 Å². The number of hydrogen-bond acceptors (Lipinski definition) is 2. The molecule has 2 heteroatoms. The van der Waals surface area contributed by atoms with Crippen molar-refractivity contribution in [2.24, 2.45) is 5.73 Å². The number of benzene rings is 5. The highest BCUT2D eigenvalue weighted by Crippen LogP contribution is 2.38. The maximum atomic E-state index is 5.50. The lowest BCUT2D eigenvalue weighted by Crippen LogP contribution is -2.18. The van der Waals surface area contributed by atoms with Crippen molar-refractivity contribution in [2.75, 3.05) is 11.4 Å². The van der Waals surface area contributed by atoms with Crippen LogP contribution in [0.5, 0.6) is 0 Å². The predicted molar refractivity (Wildman–Crippen MR) is 242 cm³/mol. The minimum atomic E-state index is 0.819. The Bertz CT molecular complexity index is 2350. The maximum absolute atomic E-state index is 5.50. The summed E-state index contributed by atoms with van der Waals surface area (Å²) in [6.45, 7) is 8.98. The highest BCUT2D eigenvalue weighted by atomic mass is 15.2. The molecular weight excluding hydrogens is 665 g/mol. The summed E-state index contributed by atoms with van der Waals surface area (Å²) in [6.07, 6.45) is 30.8. The van der Waals surface area contributed by atoms with E-state index in [1.807, 2.05) is 37.3 Å². The Morgan fingerprint density at radius 3 is 1.98 bits per heavy atom. The van der Waals surface area contributed by atoms with Crippen LogP contribution in [0.15, 0.2) is 213 Å². The van der Waals surface area contributed by atoms with E-state index >= 15 is 0 Å². The van der Waals surface area contributed by atoms with Crippen molar-refractivity contribution in [2.45, 2.75) is 13.8 Å². The SMILES string of the molecule is C=C/C=C(\C=C/C)N1C/C(=C\C=C(/C)c2ccc(-c3ccc(\C=C/C(=C\C=C\c4ccccc4/C=C\C=C\N)c4ccccc4)cc3)cc2)c2ccccc21. The van der Waals surface area contributed by atoms with Gasteiger partial charge in [-0.15, -0.1) is 0 Å². The normalized spacial score (nSPS) is 14.8. The van der Waals surface area contributed by atoms with Gasteiger partial charge in [0.1, 0.15) is 0 Å². The fourth-order valence-corrected chi connectivity index (χ4v) is 6.61. The first kappa shape index (κ1) is 37.8. The standard InChI is InChI=1S/C53H48N2/c1-4-16-51(17-5-2)55-40-50(52-25-11-12-26-53(52)55)31-27-41(3)43-35-37-49(38-36-43)48-33-29-42(30-34-48)28-32-47(45-18-7-6-8-19-45)24-15-23-46-21-10-9-20-44(46)22-13-14-39-54/h4-39H,1,40,54H2,2-3H3/b17-5-,22-13-,23-15+,32-28-,39-14+,41-27+,47-24+,50-31+,51-16+. The number of anilines is 1. The number of hydrogen-bond donors (Lipinski definition) is 1. The topological polar surface area (TPSA) is 29.3 Å². The summed E-state index contributed by atoms with van der Waals surface area (Å²) in [6, 6.07) is 45.1. The molecule has 2 nitrogen and oxygen atoms in total. The molecule has 0 unspecified atom stereocenters. The summed E-state index contributed by atoms with van der Waals surface area (Å²) in [5, 5.41) is 0. The molecule has 6 rings (SSSR count). The fourth-order valence-electron chi connectivity index (χ4n) is 6.61. The van der Waals surface area contributed by atoms with Gasteiger partial charge >= 0.3 is 0 Å². The summed E-state index contributed by atoms with van der Waals surface area (Å²) in [5.74, 6) is 0. The molecule has 0 saturated heterocycles. The van der Waals surface area contributed by atoms with Crippen LogP contribution in [-0.4, -0.2) is 6.54 Å². The van der Waals surface area contributed by atoms with Gasteiger partial charge in [0.05, 0.1) is 0 Å². The summed E-state index contributed by atoms with van der Waals surface area (Å²) in [5.41, 5.74) is 21.0. The van der Waals surface area contributed by atoms with E-state index in [1.54, 1.807) is 0 Å². The number of nitrogens with two attached hydrogens (primary N) is 1. The summed E-state index contributed by atoms with van der Waals surface area (Å²) >= 11 is 0. The molecule has 0 spiro atoms. The van der Waals surface area contributed by atoms with Gasteiger partial charge in [-0.05, 0) is 100 Å². The Labute approximate surface area is 327 Å². The lowest BCUT2D eigenvalue weighted by Gasteiger charge is -2.20. The van der Waals surface area contributed by atoms with E-state index in [2.05, 4.69) is 200 Å². The van der Waals surface area contributed by atoms with Crippen molar-refractivity contribution in [3.05, 3.63) is 246 Å². The van der Waals surface area contributed by atoms with Crippen LogP contribution in [0, 0.1) is 0 Å². The van der Waals surface area contributed by atoms with Crippen LogP contribution < -0.4 is 10.6 Å². The number of para-hydroxylation sites is 1. The number of allylic oxidation sites excluding steroid dienone is 13. The fraction of sp³-hybridized carbons (Fsp3) is 0.0566. The van der Waals surface area contributed by atoms with E-state index in [-0.39, 0.29) is 0 Å². The molecule has 1 aliphatic rings. The van der Waals surface area contributed by atoms with E-state index in [9.17, 15) is 0 Å². The van der Waals surface area contributed by atoms with Gasteiger partial charge in [-0.3, -0.25) is 0 Å². The van der Waals surface area contributed by atoms with Crippen LogP contribution in [0.3, 0.4) is 0 Å². The second-order valence-corrected chi connectivity index (χ2v) is 13.2. The Morgan fingerprint density at radius 1 is 0.636 bits per heavy atom. The largest absolute Gasteiger partial charge is 0.405 e. The molecule has 2 N–H and O–H groups in total. The second-order valence-electron chi connectivity index (χ2n) is 13.2. The van der Waals surface area contributed by atoms with Gasteiger partial charge in [0.25, 0.3) is 0 Å². The van der Waals surface area contributed by atoms with Crippen LogP contribution in [0.25, 0.3) is 46.1 Å². The Kier molecular flexibility index (Phi) is 13.2. The van der Waals surface area contributed by atoms with Crippen molar-refractivity contribution in [1.82, 2.24) is 0 Å². The minimum absolute atomic E-state index is 0.819. The third-order valence-corrected chi connectivity index (χ3v) is 9.53. The zero-order valence-electron chi connectivity index (χ0n) is 31.7. The first-order valence-electron chi connectivity index (χ1n) is 18.7. The highest BCUT2D eigenvalue weighted by molar-refractivity contribution is 5.89. The molecular formula is C53H48N2. The third kappa shape index (κ3) is 9.95. The highest BCUT2D eigenvalue weighted by Gasteiger charge is 2.24. The molecule has 0 saturated carbocycles. The molecule has 1 heterocycles. The van der Waals surface area contributed by atoms with Gasteiger partial charge in [-0.25, -0.2) is 0 Å². The average Bonchev–Trinajstić information content (AvgIpc) is 3.60. The Morgan fingerprint density at radius 2 is 1.29 bits per heavy atom. The number of rotatable bonds is 13. The van der Waals surface area contributed by atoms with E-state index in [0.717, 1.165) is 40.1 Å². The summed E-state index contributed by atoms with van der Waals surface area (Å²) < 4.78 is 0. The van der Waals surface area contributed by atoms with Crippen molar-refractivity contribution in [1.29, 1.82) is 0 Å². The lowest BCUT2D eigenvalue weighted by molar-refractivity contribution is 1.09. The van der Waals surface area contributed by atoms with Crippen LogP contribution in [-0.2, 0) is 0 Å². The smallest absolute Gasteiger partial charge is 0.0490 e. The molecule has 0 atom stereocenters. The first-order valence-corrected chi connectivity index (χ1v) is 18.7. The third-order valence-electron chi connectivity index (χ3n) is 9.53. The Hall–Kier alpha value is -6.90. The molecule has 1 aliphatic heterocycles. The van der Waals surface area contributed by atoms with Crippen LogP contribution in [0.1, 0.15) is 47.2 Å². The van der Waals surface area contributed by atoms with Gasteiger partial charge in [0.2, 0.25) is 0 Å². The quantitative estimate of drug-likeness (QED) is 0.123. The summed E-state index contributed by atoms with van der Waals surface area (Å²) in [4.78, 5) is 2.35. The average molecular weight is 713 g/mol. The van der Waals surface area contributed by atoms with E-state index in [0.29, 0.717) is 0 Å². The summed E-state index contributed by atoms with van der Waals surface area (Å²) in [7, 11) is 0.